The molecule has 0 fully saturated rings. The summed E-state index contributed by atoms with van der Waals surface area (Å²) in [5, 5.41) is 17.2. The molecule has 2 N–H and O–H groups in total. The lowest BCUT2D eigenvalue weighted by Gasteiger charge is -2.08. The van der Waals surface area contributed by atoms with Crippen LogP contribution in [0, 0.1) is 0 Å². The van der Waals surface area contributed by atoms with Crippen molar-refractivity contribution in [3.63, 3.8) is 0 Å². The standard InChI is InChI=1S/C13H18N4O2/c1-17-9-15-13(16-17)5-6-14-8-10-7-11(19-2)3-4-12(10)18/h3-4,7,9,14,18H,5-6,8H2,1-2H3. The van der Waals surface area contributed by atoms with Gasteiger partial charge in [0.05, 0.1) is 7.11 Å². The molecule has 1 aromatic heterocycles. The van der Waals surface area contributed by atoms with Crippen molar-refractivity contribution in [2.24, 2.45) is 7.05 Å². The molecule has 102 valence electrons. The van der Waals surface area contributed by atoms with Crippen LogP contribution in [0.1, 0.15) is 11.4 Å². The smallest absolute Gasteiger partial charge is 0.151 e. The van der Waals surface area contributed by atoms with Gasteiger partial charge >= 0.3 is 0 Å². The van der Waals surface area contributed by atoms with Crippen molar-refractivity contribution in [2.45, 2.75) is 13.0 Å². The van der Waals surface area contributed by atoms with Crippen LogP contribution in [0.4, 0.5) is 0 Å². The normalized spacial score (nSPS) is 10.6. The number of nitrogens with one attached hydrogen (secondary N) is 1. The summed E-state index contributed by atoms with van der Waals surface area (Å²) in [7, 11) is 3.45. The van der Waals surface area contributed by atoms with E-state index in [0.717, 1.165) is 30.1 Å². The van der Waals surface area contributed by atoms with Crippen molar-refractivity contribution in [1.82, 2.24) is 20.1 Å². The van der Waals surface area contributed by atoms with Gasteiger partial charge in [-0.05, 0) is 18.2 Å². The molecule has 0 atom stereocenters. The quantitative estimate of drug-likeness (QED) is 0.755. The zero-order valence-corrected chi connectivity index (χ0v) is 11.1. The molecular weight excluding hydrogens is 244 g/mol. The Morgan fingerprint density at radius 2 is 2.26 bits per heavy atom. The molecule has 1 heterocycles. The molecular formula is C13H18N4O2. The maximum absolute atomic E-state index is 9.73. The molecule has 1 aromatic carbocycles. The van der Waals surface area contributed by atoms with Gasteiger partial charge in [0.25, 0.3) is 0 Å². The number of aromatic nitrogens is 3. The number of hydrogen-bond donors (Lipinski definition) is 2. The molecule has 0 bridgehead atoms. The van der Waals surface area contributed by atoms with Crippen molar-refractivity contribution in [1.29, 1.82) is 0 Å². The fourth-order valence-corrected chi connectivity index (χ4v) is 1.75. The molecule has 6 nitrogen and oxygen atoms in total. The molecule has 0 amide bonds. The second-order valence-corrected chi connectivity index (χ2v) is 4.26. The number of nitrogens with zero attached hydrogens (tertiary/aromatic N) is 3. The Morgan fingerprint density at radius 3 is 2.95 bits per heavy atom. The third kappa shape index (κ3) is 3.69. The summed E-state index contributed by atoms with van der Waals surface area (Å²) in [4.78, 5) is 4.15. The van der Waals surface area contributed by atoms with Gasteiger partial charge in [-0.3, -0.25) is 4.68 Å². The van der Waals surface area contributed by atoms with E-state index in [1.807, 2.05) is 13.1 Å². The Hall–Kier alpha value is -2.08. The first-order valence-corrected chi connectivity index (χ1v) is 6.10. The fraction of sp³-hybridized carbons (Fsp3) is 0.385. The Balaban J connectivity index is 1.82. The van der Waals surface area contributed by atoms with Crippen LogP contribution in [0.15, 0.2) is 24.5 Å². The van der Waals surface area contributed by atoms with Gasteiger partial charge in [-0.1, -0.05) is 0 Å². The van der Waals surface area contributed by atoms with E-state index in [0.29, 0.717) is 6.54 Å². The molecule has 0 radical (unpaired) electrons. The molecule has 0 aliphatic rings. The predicted octanol–water partition coefficient (Wildman–Crippen LogP) is 0.862. The van der Waals surface area contributed by atoms with Gasteiger partial charge in [-0.25, -0.2) is 4.98 Å². The van der Waals surface area contributed by atoms with Crippen LogP contribution in [-0.2, 0) is 20.0 Å². The predicted molar refractivity (Wildman–Crippen MR) is 71.1 cm³/mol. The lowest BCUT2D eigenvalue weighted by atomic mass is 10.2. The Labute approximate surface area is 112 Å². The first-order chi connectivity index (χ1) is 9.19. The Bertz CT molecular complexity index is 539. The van der Waals surface area contributed by atoms with Crippen molar-refractivity contribution >= 4 is 0 Å². The van der Waals surface area contributed by atoms with E-state index >= 15 is 0 Å². The number of aromatic hydroxyl groups is 1. The van der Waals surface area contributed by atoms with E-state index in [9.17, 15) is 5.11 Å². The van der Waals surface area contributed by atoms with Gasteiger partial charge in [0.15, 0.2) is 5.82 Å². The number of benzene rings is 1. The molecule has 0 saturated carbocycles. The third-order valence-corrected chi connectivity index (χ3v) is 2.77. The van der Waals surface area contributed by atoms with Crippen molar-refractivity contribution < 1.29 is 9.84 Å². The van der Waals surface area contributed by atoms with Crippen molar-refractivity contribution in [3.8, 4) is 11.5 Å². The van der Waals surface area contributed by atoms with Gasteiger partial charge in [0.1, 0.15) is 17.8 Å². The number of methoxy groups -OCH3 is 1. The summed E-state index contributed by atoms with van der Waals surface area (Å²) in [6.45, 7) is 1.33. The van der Waals surface area contributed by atoms with Crippen LogP contribution in [-0.4, -0.2) is 33.5 Å². The molecule has 19 heavy (non-hydrogen) atoms. The van der Waals surface area contributed by atoms with Gasteiger partial charge in [-0.15, -0.1) is 0 Å². The van der Waals surface area contributed by atoms with E-state index in [1.165, 1.54) is 0 Å². The second-order valence-electron chi connectivity index (χ2n) is 4.26. The van der Waals surface area contributed by atoms with Crippen LogP contribution in [0.2, 0.25) is 0 Å². The maximum Gasteiger partial charge on any atom is 0.151 e. The molecule has 6 heteroatoms. The summed E-state index contributed by atoms with van der Waals surface area (Å²) in [6, 6.07) is 5.19. The lowest BCUT2D eigenvalue weighted by Crippen LogP contribution is -2.17. The highest BCUT2D eigenvalue weighted by molar-refractivity contribution is 5.39. The molecule has 2 rings (SSSR count). The van der Waals surface area contributed by atoms with E-state index in [-0.39, 0.29) is 5.75 Å². The van der Waals surface area contributed by atoms with Crippen molar-refractivity contribution in [2.75, 3.05) is 13.7 Å². The molecule has 0 saturated heterocycles. The first-order valence-electron chi connectivity index (χ1n) is 6.10. The second kappa shape index (κ2) is 6.19. The van der Waals surface area contributed by atoms with Gasteiger partial charge in [0, 0.05) is 32.1 Å². The van der Waals surface area contributed by atoms with Gasteiger partial charge in [-0.2, -0.15) is 5.10 Å². The molecule has 0 spiro atoms. The molecule has 0 aliphatic carbocycles. The number of rotatable bonds is 6. The molecule has 0 unspecified atom stereocenters. The molecule has 2 aromatic rings. The highest BCUT2D eigenvalue weighted by Gasteiger charge is 2.03. The highest BCUT2D eigenvalue weighted by atomic mass is 16.5. The summed E-state index contributed by atoms with van der Waals surface area (Å²) in [5.41, 5.74) is 0.813. The topological polar surface area (TPSA) is 72.2 Å². The van der Waals surface area contributed by atoms with Gasteiger partial charge < -0.3 is 15.2 Å². The van der Waals surface area contributed by atoms with Gasteiger partial charge in [0.2, 0.25) is 0 Å². The highest BCUT2D eigenvalue weighted by Crippen LogP contribution is 2.22. The molecule has 0 aliphatic heterocycles. The Morgan fingerprint density at radius 1 is 1.42 bits per heavy atom. The monoisotopic (exact) mass is 262 g/mol. The van der Waals surface area contributed by atoms with Crippen LogP contribution >= 0.6 is 0 Å². The van der Waals surface area contributed by atoms with E-state index in [1.54, 1.807) is 30.3 Å². The SMILES string of the molecule is COc1ccc(O)c(CNCCc2ncn(C)n2)c1. The minimum absolute atomic E-state index is 0.268. The summed E-state index contributed by atoms with van der Waals surface area (Å²) >= 11 is 0. The number of phenolic OH excluding ortho intramolecular Hbond substituents is 1. The van der Waals surface area contributed by atoms with Crippen molar-refractivity contribution in [3.05, 3.63) is 35.9 Å². The minimum atomic E-state index is 0.268. The van der Waals surface area contributed by atoms with E-state index in [4.69, 9.17) is 4.74 Å². The summed E-state index contributed by atoms with van der Waals surface area (Å²) < 4.78 is 6.81. The maximum atomic E-state index is 9.73. The zero-order valence-electron chi connectivity index (χ0n) is 11.1. The summed E-state index contributed by atoms with van der Waals surface area (Å²) in [6.07, 6.45) is 2.44. The van der Waals surface area contributed by atoms with E-state index in [2.05, 4.69) is 15.4 Å². The zero-order chi connectivity index (χ0) is 13.7. The lowest BCUT2D eigenvalue weighted by molar-refractivity contribution is 0.410. The largest absolute Gasteiger partial charge is 0.508 e. The average molecular weight is 262 g/mol. The number of aryl methyl sites for hydroxylation is 1. The van der Waals surface area contributed by atoms with Crippen LogP contribution < -0.4 is 10.1 Å². The fourth-order valence-electron chi connectivity index (χ4n) is 1.75. The number of phenols is 1. The number of hydrogen-bond acceptors (Lipinski definition) is 5. The Kier molecular flexibility index (Phi) is 4.35. The number of ether oxygens (including phenoxy) is 1. The van der Waals surface area contributed by atoms with Crippen LogP contribution in [0.5, 0.6) is 11.5 Å². The van der Waals surface area contributed by atoms with Crippen LogP contribution in [0.3, 0.4) is 0 Å². The average Bonchev–Trinajstić information content (AvgIpc) is 2.82. The first kappa shape index (κ1) is 13.4. The van der Waals surface area contributed by atoms with Crippen LogP contribution in [0.25, 0.3) is 0 Å². The summed E-state index contributed by atoms with van der Waals surface area (Å²) in [5.74, 6) is 1.81. The third-order valence-electron chi connectivity index (χ3n) is 2.77. The van der Waals surface area contributed by atoms with E-state index < -0.39 is 0 Å². The minimum Gasteiger partial charge on any atom is -0.508 e.